The van der Waals surface area contributed by atoms with Gasteiger partial charge in [0.1, 0.15) is 11.5 Å². The van der Waals surface area contributed by atoms with Crippen molar-refractivity contribution in [3.8, 4) is 22.6 Å². The van der Waals surface area contributed by atoms with Gasteiger partial charge in [0.05, 0.1) is 24.7 Å². The third-order valence-corrected chi connectivity index (χ3v) is 7.45. The van der Waals surface area contributed by atoms with Crippen LogP contribution in [-0.2, 0) is 15.6 Å². The molecular formula is C30H41NO4S. The molecule has 0 unspecified atom stereocenters. The molecule has 4 rings (SSSR count). The number of benzene rings is 2. The maximum Gasteiger partial charge on any atom is 0.290 e. The maximum absolute atomic E-state index is 12.1. The van der Waals surface area contributed by atoms with Gasteiger partial charge in [-0.1, -0.05) is 73.6 Å². The molecule has 0 bridgehead atoms. The van der Waals surface area contributed by atoms with Crippen molar-refractivity contribution >= 4 is 29.0 Å². The Kier molecular flexibility index (Phi) is 9.84. The average molecular weight is 512 g/mol. The molecule has 36 heavy (non-hydrogen) atoms. The van der Waals surface area contributed by atoms with Gasteiger partial charge >= 0.3 is 0 Å². The Morgan fingerprint density at radius 3 is 2.00 bits per heavy atom. The van der Waals surface area contributed by atoms with Gasteiger partial charge in [0.2, 0.25) is 0 Å². The van der Waals surface area contributed by atoms with Crippen LogP contribution in [0.25, 0.3) is 17.2 Å². The number of imide groups is 1. The Labute approximate surface area is 221 Å². The van der Waals surface area contributed by atoms with Crippen molar-refractivity contribution in [2.45, 2.75) is 79.1 Å². The number of hydrogen-bond acceptors (Lipinski definition) is 5. The summed E-state index contributed by atoms with van der Waals surface area (Å²) in [6.45, 7) is 17.2. The van der Waals surface area contributed by atoms with Gasteiger partial charge in [0.15, 0.2) is 0 Å². The number of carbonyl (C=O) groups excluding carboxylic acids is 2. The summed E-state index contributed by atoms with van der Waals surface area (Å²) in [6, 6.07) is 10.3. The van der Waals surface area contributed by atoms with Gasteiger partial charge in [-0.2, -0.15) is 0 Å². The summed E-state index contributed by atoms with van der Waals surface area (Å²) in [5.41, 5.74) is 5.47. The quantitative estimate of drug-likeness (QED) is 0.420. The number of fused-ring (bicyclic) bond motifs is 1. The first kappa shape index (κ1) is 29.5. The summed E-state index contributed by atoms with van der Waals surface area (Å²) in [7, 11) is 3.25. The highest BCUT2D eigenvalue weighted by Gasteiger charge is 2.37. The van der Waals surface area contributed by atoms with Gasteiger partial charge < -0.3 is 9.47 Å². The Morgan fingerprint density at radius 2 is 1.47 bits per heavy atom. The molecule has 196 valence electrons. The first-order valence-electron chi connectivity index (χ1n) is 12.7. The third-order valence-electron chi connectivity index (χ3n) is 6.64. The van der Waals surface area contributed by atoms with Crippen LogP contribution >= 0.6 is 11.8 Å². The van der Waals surface area contributed by atoms with Gasteiger partial charge in [-0.3, -0.25) is 14.9 Å². The number of nitrogens with one attached hydrogen (secondary N) is 1. The summed E-state index contributed by atoms with van der Waals surface area (Å²) >= 11 is 0.892. The highest BCUT2D eigenvalue weighted by Crippen LogP contribution is 2.49. The average Bonchev–Trinajstić information content (AvgIpc) is 3.20. The number of ether oxygens (including phenoxy) is 2. The van der Waals surface area contributed by atoms with Crippen molar-refractivity contribution in [3.63, 3.8) is 0 Å². The van der Waals surface area contributed by atoms with Gasteiger partial charge in [0.25, 0.3) is 11.1 Å². The SMILES string of the molecule is CC.CC.COc1ccc(/C=C2\SC(=O)NC2=O)c(OC)c1-c1ccc2c(c1)C(C)(C)CCC2(C)C. The smallest absolute Gasteiger partial charge is 0.290 e. The van der Waals surface area contributed by atoms with Crippen LogP contribution < -0.4 is 14.8 Å². The normalized spacial score (nSPS) is 18.2. The van der Waals surface area contributed by atoms with Crippen molar-refractivity contribution in [2.75, 3.05) is 14.2 Å². The molecule has 1 fully saturated rings. The molecule has 0 atom stereocenters. The Balaban J connectivity index is 0.00000109. The standard InChI is InChI=1S/C26H29NO4S.2C2H6/c1-25(2)11-12-26(3,4)18-13-15(7-9-17(18)25)21-19(30-5)10-8-16(22(21)31-6)14-20-23(28)27-24(29)32-20;2*1-2/h7-10,13-14H,11-12H2,1-6H3,(H,27,28,29);2*1-2H3/b20-14-;;. The van der Waals surface area contributed by atoms with E-state index < -0.39 is 5.91 Å². The second kappa shape index (κ2) is 12.0. The van der Waals surface area contributed by atoms with E-state index in [4.69, 9.17) is 9.47 Å². The van der Waals surface area contributed by atoms with Gasteiger partial charge in [-0.25, -0.2) is 0 Å². The van der Waals surface area contributed by atoms with Gasteiger partial charge in [0, 0.05) is 5.56 Å². The fraction of sp³-hybridized carbons (Fsp3) is 0.467. The van der Waals surface area contributed by atoms with Crippen molar-refractivity contribution in [2.24, 2.45) is 0 Å². The first-order chi connectivity index (χ1) is 17.1. The molecule has 1 saturated heterocycles. The van der Waals surface area contributed by atoms with E-state index in [0.717, 1.165) is 35.7 Å². The zero-order valence-corrected chi connectivity index (χ0v) is 24.2. The van der Waals surface area contributed by atoms with Crippen LogP contribution in [0.1, 0.15) is 84.9 Å². The lowest BCUT2D eigenvalue weighted by Gasteiger charge is -2.42. The van der Waals surface area contributed by atoms with E-state index in [1.807, 2.05) is 39.8 Å². The number of methoxy groups -OCH3 is 2. The molecule has 0 saturated carbocycles. The van der Waals surface area contributed by atoms with E-state index in [1.165, 1.54) is 11.1 Å². The number of amides is 2. The topological polar surface area (TPSA) is 64.6 Å². The van der Waals surface area contributed by atoms with E-state index in [1.54, 1.807) is 20.3 Å². The second-order valence-corrected chi connectivity index (χ2v) is 10.7. The zero-order valence-electron chi connectivity index (χ0n) is 23.4. The van der Waals surface area contributed by atoms with Gasteiger partial charge in [-0.05, 0) is 70.3 Å². The molecule has 1 N–H and O–H groups in total. The highest BCUT2D eigenvalue weighted by atomic mass is 32.2. The summed E-state index contributed by atoms with van der Waals surface area (Å²) in [4.78, 5) is 24.0. The van der Waals surface area contributed by atoms with E-state index in [2.05, 4.69) is 51.2 Å². The Bertz CT molecular complexity index is 1150. The van der Waals surface area contributed by atoms with E-state index in [0.29, 0.717) is 22.0 Å². The third kappa shape index (κ3) is 5.80. The van der Waals surface area contributed by atoms with Crippen LogP contribution in [0.5, 0.6) is 11.5 Å². The summed E-state index contributed by atoms with van der Waals surface area (Å²) in [5, 5.41) is 1.93. The predicted octanol–water partition coefficient (Wildman–Crippen LogP) is 8.10. The van der Waals surface area contributed by atoms with Gasteiger partial charge in [-0.15, -0.1) is 0 Å². The number of hydrogen-bond donors (Lipinski definition) is 1. The van der Waals surface area contributed by atoms with E-state index in [-0.39, 0.29) is 16.1 Å². The maximum atomic E-state index is 12.1. The molecule has 1 heterocycles. The summed E-state index contributed by atoms with van der Waals surface area (Å²) in [5.74, 6) is 0.908. The van der Waals surface area contributed by atoms with Crippen molar-refractivity contribution in [1.82, 2.24) is 5.32 Å². The molecule has 0 spiro atoms. The molecule has 1 aliphatic heterocycles. The molecule has 2 aliphatic rings. The Hall–Kier alpha value is -2.73. The van der Waals surface area contributed by atoms with Crippen molar-refractivity contribution in [1.29, 1.82) is 0 Å². The molecule has 1 aliphatic carbocycles. The zero-order chi connectivity index (χ0) is 27.3. The molecule has 2 aromatic rings. The number of carbonyl (C=O) groups is 2. The minimum atomic E-state index is -0.391. The lowest BCUT2D eigenvalue weighted by atomic mass is 9.63. The van der Waals surface area contributed by atoms with Crippen LogP contribution in [0.4, 0.5) is 4.79 Å². The van der Waals surface area contributed by atoms with Crippen LogP contribution in [0.3, 0.4) is 0 Å². The highest BCUT2D eigenvalue weighted by molar-refractivity contribution is 8.18. The van der Waals surface area contributed by atoms with E-state index in [9.17, 15) is 9.59 Å². The molecule has 2 aromatic carbocycles. The first-order valence-corrected chi connectivity index (χ1v) is 13.5. The fourth-order valence-corrected chi connectivity index (χ4v) is 5.34. The molecule has 2 amide bonds. The molecule has 0 aromatic heterocycles. The van der Waals surface area contributed by atoms with Crippen molar-refractivity contribution in [3.05, 3.63) is 51.9 Å². The van der Waals surface area contributed by atoms with Crippen molar-refractivity contribution < 1.29 is 19.1 Å². The lowest BCUT2D eigenvalue weighted by Crippen LogP contribution is -2.33. The molecule has 0 radical (unpaired) electrons. The number of rotatable bonds is 4. The second-order valence-electron chi connectivity index (χ2n) is 9.65. The summed E-state index contributed by atoms with van der Waals surface area (Å²) < 4.78 is 11.5. The number of thioether (sulfide) groups is 1. The Morgan fingerprint density at radius 1 is 0.861 bits per heavy atom. The molecule has 6 heteroatoms. The largest absolute Gasteiger partial charge is 0.496 e. The minimum Gasteiger partial charge on any atom is -0.496 e. The lowest BCUT2D eigenvalue weighted by molar-refractivity contribution is -0.115. The van der Waals surface area contributed by atoms with E-state index >= 15 is 0 Å². The monoisotopic (exact) mass is 511 g/mol. The molecular weight excluding hydrogens is 470 g/mol. The van der Waals surface area contributed by atoms with Crippen LogP contribution in [-0.4, -0.2) is 25.4 Å². The summed E-state index contributed by atoms with van der Waals surface area (Å²) in [6.07, 6.45) is 3.97. The fourth-order valence-electron chi connectivity index (χ4n) is 4.66. The predicted molar refractivity (Wildman–Crippen MR) is 152 cm³/mol. The van der Waals surface area contributed by atoms with Crippen LogP contribution in [0, 0.1) is 0 Å². The molecule has 5 nitrogen and oxygen atoms in total. The van der Waals surface area contributed by atoms with Crippen LogP contribution in [0.15, 0.2) is 35.2 Å². The minimum absolute atomic E-state index is 0.0693. The van der Waals surface area contributed by atoms with Crippen LogP contribution in [0.2, 0.25) is 0 Å².